The Bertz CT molecular complexity index is 1110. The van der Waals surface area contributed by atoms with Gasteiger partial charge in [0.1, 0.15) is 0 Å². The summed E-state index contributed by atoms with van der Waals surface area (Å²) in [6, 6.07) is 12.4. The molecular weight excluding hydrogens is 352 g/mol. The van der Waals surface area contributed by atoms with Crippen LogP contribution in [0.4, 0.5) is 0 Å². The molecule has 2 aliphatic rings. The van der Waals surface area contributed by atoms with E-state index in [0.717, 1.165) is 34.4 Å². The first-order valence-electron chi connectivity index (χ1n) is 9.57. The lowest BCUT2D eigenvalue weighted by atomic mass is 10.00. The quantitative estimate of drug-likeness (QED) is 0.676. The van der Waals surface area contributed by atoms with Crippen molar-refractivity contribution < 1.29 is 9.59 Å². The molecule has 1 saturated carbocycles. The summed E-state index contributed by atoms with van der Waals surface area (Å²) in [7, 11) is 0. The third-order valence-electron chi connectivity index (χ3n) is 5.79. The van der Waals surface area contributed by atoms with Crippen LogP contribution < -0.4 is 10.9 Å². The molecule has 2 aliphatic carbocycles. The minimum absolute atomic E-state index is 0.359. The summed E-state index contributed by atoms with van der Waals surface area (Å²) in [6.07, 6.45) is 3.55. The zero-order valence-electron chi connectivity index (χ0n) is 15.5. The fraction of sp³-hybridized carbons (Fsp3) is 0.273. The smallest absolute Gasteiger partial charge is 0.267 e. The molecule has 1 aromatic heterocycles. The van der Waals surface area contributed by atoms with E-state index in [1.165, 1.54) is 12.8 Å². The van der Waals surface area contributed by atoms with Crippen molar-refractivity contribution >= 4 is 22.8 Å². The summed E-state index contributed by atoms with van der Waals surface area (Å²) in [5.41, 5.74) is 10.7. The lowest BCUT2D eigenvalue weighted by Gasteiger charge is -2.14. The van der Waals surface area contributed by atoms with E-state index in [0.29, 0.717) is 23.0 Å². The number of aryl methyl sites for hydroxylation is 1. The molecule has 6 nitrogen and oxygen atoms in total. The van der Waals surface area contributed by atoms with Gasteiger partial charge in [-0.15, -0.1) is 0 Å². The van der Waals surface area contributed by atoms with E-state index in [9.17, 15) is 9.59 Å². The van der Waals surface area contributed by atoms with Gasteiger partial charge in [0, 0.05) is 23.0 Å². The normalized spacial score (nSPS) is 19.5. The molecule has 2 aromatic carbocycles. The molecule has 2 atom stereocenters. The molecule has 6 heteroatoms. The Labute approximate surface area is 162 Å². The van der Waals surface area contributed by atoms with E-state index >= 15 is 0 Å². The van der Waals surface area contributed by atoms with Gasteiger partial charge in [-0.2, -0.15) is 0 Å². The number of fused-ring (bicyclic) bond motifs is 6. The topological polar surface area (TPSA) is 84.0 Å². The average Bonchev–Trinajstić information content (AvgIpc) is 3.32. The third kappa shape index (κ3) is 2.81. The number of benzene rings is 2. The van der Waals surface area contributed by atoms with Crippen molar-refractivity contribution in [3.8, 4) is 0 Å². The van der Waals surface area contributed by atoms with Crippen LogP contribution in [0, 0.1) is 6.92 Å². The molecule has 2 N–H and O–H groups in total. The van der Waals surface area contributed by atoms with Gasteiger partial charge >= 0.3 is 0 Å². The fourth-order valence-corrected chi connectivity index (χ4v) is 4.26. The number of hydrogen-bond acceptors (Lipinski definition) is 4. The zero-order valence-corrected chi connectivity index (χ0v) is 15.5. The number of nitrogens with zero attached hydrogens (tertiary/aromatic N) is 2. The number of hydrogen-bond donors (Lipinski definition) is 2. The van der Waals surface area contributed by atoms with Crippen molar-refractivity contribution in [3.05, 3.63) is 70.5 Å². The highest BCUT2D eigenvalue weighted by Gasteiger charge is 2.39. The van der Waals surface area contributed by atoms with E-state index in [4.69, 9.17) is 9.97 Å². The van der Waals surface area contributed by atoms with Gasteiger partial charge in [0.15, 0.2) is 0 Å². The molecular formula is C22H20N4O2. The van der Waals surface area contributed by atoms with E-state index < -0.39 is 0 Å². The largest absolute Gasteiger partial charge is 0.269 e. The van der Waals surface area contributed by atoms with Gasteiger partial charge in [0.2, 0.25) is 0 Å². The summed E-state index contributed by atoms with van der Waals surface area (Å²) in [5, 5.41) is 0. The van der Waals surface area contributed by atoms with E-state index in [2.05, 4.69) is 10.9 Å². The van der Waals surface area contributed by atoms with Crippen molar-refractivity contribution in [3.63, 3.8) is 0 Å². The first-order valence-corrected chi connectivity index (χ1v) is 9.57. The molecule has 140 valence electrons. The summed E-state index contributed by atoms with van der Waals surface area (Å²) in [4.78, 5) is 34.2. The van der Waals surface area contributed by atoms with Crippen molar-refractivity contribution in [2.45, 2.75) is 38.0 Å². The second-order valence-corrected chi connectivity index (χ2v) is 7.68. The van der Waals surface area contributed by atoms with Gasteiger partial charge in [-0.05, 0) is 56.5 Å². The molecule has 2 bridgehead atoms. The molecule has 5 rings (SSSR count). The number of carbonyl (C=O) groups excluding carboxylic acids is 2. The first kappa shape index (κ1) is 16.9. The Morgan fingerprint density at radius 2 is 1.39 bits per heavy atom. The highest BCUT2D eigenvalue weighted by Crippen LogP contribution is 2.51. The summed E-state index contributed by atoms with van der Waals surface area (Å²) in [5.74, 6) is 0.328. The van der Waals surface area contributed by atoms with Crippen molar-refractivity contribution in [1.29, 1.82) is 0 Å². The van der Waals surface area contributed by atoms with Crippen LogP contribution in [-0.4, -0.2) is 21.8 Å². The second-order valence-electron chi connectivity index (χ2n) is 7.68. The van der Waals surface area contributed by atoms with E-state index in [-0.39, 0.29) is 11.8 Å². The number of aromatic nitrogens is 2. The Hall–Kier alpha value is -3.28. The number of carbonyl (C=O) groups is 2. The molecule has 2 unspecified atom stereocenters. The van der Waals surface area contributed by atoms with Crippen molar-refractivity contribution in [2.75, 3.05) is 0 Å². The van der Waals surface area contributed by atoms with Crippen LogP contribution >= 0.6 is 0 Å². The van der Waals surface area contributed by atoms with Crippen LogP contribution in [0.2, 0.25) is 0 Å². The number of rotatable bonds is 2. The molecule has 1 fully saturated rings. The molecule has 0 spiro atoms. The standard InChI is InChI=1S/C22H20N4O2/c1-12-2-4-13(5-3-12)21(27)25-26-22(28)16-8-9-17-18(11-16)24-20-15-7-6-14(10-15)19(20)23-17/h2-5,8-9,11,14-15H,6-7,10H2,1H3,(H,25,27)(H,26,28). The van der Waals surface area contributed by atoms with Crippen LogP contribution in [0.5, 0.6) is 0 Å². The predicted molar refractivity (Wildman–Crippen MR) is 105 cm³/mol. The minimum atomic E-state index is -0.383. The highest BCUT2D eigenvalue weighted by molar-refractivity contribution is 6.00. The maximum absolute atomic E-state index is 12.5. The van der Waals surface area contributed by atoms with Gasteiger partial charge < -0.3 is 0 Å². The first-order chi connectivity index (χ1) is 13.6. The molecule has 0 radical (unpaired) electrons. The molecule has 3 aromatic rings. The minimum Gasteiger partial charge on any atom is -0.267 e. The van der Waals surface area contributed by atoms with Crippen LogP contribution in [0.25, 0.3) is 11.0 Å². The summed E-state index contributed by atoms with van der Waals surface area (Å²) >= 11 is 0. The number of nitrogens with one attached hydrogen (secondary N) is 2. The molecule has 2 amide bonds. The van der Waals surface area contributed by atoms with Gasteiger partial charge in [-0.3, -0.25) is 20.4 Å². The van der Waals surface area contributed by atoms with Crippen molar-refractivity contribution in [1.82, 2.24) is 20.8 Å². The zero-order chi connectivity index (χ0) is 19.3. The highest BCUT2D eigenvalue weighted by atomic mass is 16.2. The Kier molecular flexibility index (Phi) is 3.86. The molecule has 1 heterocycles. The number of amides is 2. The maximum atomic E-state index is 12.5. The maximum Gasteiger partial charge on any atom is 0.269 e. The van der Waals surface area contributed by atoms with E-state index in [1.54, 1.807) is 24.3 Å². The number of hydrazine groups is 1. The van der Waals surface area contributed by atoms with Crippen molar-refractivity contribution in [2.24, 2.45) is 0 Å². The van der Waals surface area contributed by atoms with E-state index in [1.807, 2.05) is 25.1 Å². The lowest BCUT2D eigenvalue weighted by Crippen LogP contribution is -2.41. The monoisotopic (exact) mass is 372 g/mol. The Morgan fingerprint density at radius 3 is 2.07 bits per heavy atom. The van der Waals surface area contributed by atoms with Gasteiger partial charge in [0.25, 0.3) is 11.8 Å². The van der Waals surface area contributed by atoms with Crippen LogP contribution in [0.3, 0.4) is 0 Å². The third-order valence-corrected chi connectivity index (χ3v) is 5.79. The van der Waals surface area contributed by atoms with Crippen LogP contribution in [-0.2, 0) is 0 Å². The SMILES string of the molecule is Cc1ccc(C(=O)NNC(=O)c2ccc3nc4c(nc3c2)C2CCC4C2)cc1. The molecule has 28 heavy (non-hydrogen) atoms. The Morgan fingerprint density at radius 1 is 0.821 bits per heavy atom. The van der Waals surface area contributed by atoms with Gasteiger partial charge in [0.05, 0.1) is 22.4 Å². The van der Waals surface area contributed by atoms with Crippen LogP contribution in [0.1, 0.15) is 68.8 Å². The average molecular weight is 372 g/mol. The summed E-state index contributed by atoms with van der Waals surface area (Å²) in [6.45, 7) is 1.95. The lowest BCUT2D eigenvalue weighted by molar-refractivity contribution is 0.0847. The fourth-order valence-electron chi connectivity index (χ4n) is 4.26. The summed E-state index contributed by atoms with van der Waals surface area (Å²) < 4.78 is 0. The predicted octanol–water partition coefficient (Wildman–Crippen LogP) is 3.38. The van der Waals surface area contributed by atoms with Crippen LogP contribution in [0.15, 0.2) is 42.5 Å². The molecule has 0 aliphatic heterocycles. The van der Waals surface area contributed by atoms with Gasteiger partial charge in [-0.25, -0.2) is 9.97 Å². The van der Waals surface area contributed by atoms with Gasteiger partial charge in [-0.1, -0.05) is 17.7 Å². The second kappa shape index (κ2) is 6.41. The molecule has 0 saturated heterocycles. The Balaban J connectivity index is 1.33.